The highest BCUT2D eigenvalue weighted by Crippen LogP contribution is 2.28. The molecule has 1 rings (SSSR count). The van der Waals surface area contributed by atoms with Gasteiger partial charge in [0, 0.05) is 23.2 Å². The van der Waals surface area contributed by atoms with Gasteiger partial charge < -0.3 is 5.11 Å². The predicted molar refractivity (Wildman–Crippen MR) is 77.5 cm³/mol. The van der Waals surface area contributed by atoms with E-state index in [1.165, 1.54) is 0 Å². The fraction of sp³-hybridized carbons (Fsp3) is 0.364. The van der Waals surface area contributed by atoms with Crippen LogP contribution in [0.25, 0.3) is 0 Å². The van der Waals surface area contributed by atoms with Gasteiger partial charge in [-0.1, -0.05) is 6.92 Å². The van der Waals surface area contributed by atoms with Crippen molar-refractivity contribution in [2.75, 3.05) is 13.1 Å². The van der Waals surface area contributed by atoms with Gasteiger partial charge in [-0.15, -0.1) is 0 Å². The zero-order chi connectivity index (χ0) is 16.2. The van der Waals surface area contributed by atoms with Gasteiger partial charge >= 0.3 is 5.97 Å². The van der Waals surface area contributed by atoms with E-state index in [1.54, 1.807) is 6.92 Å². The molecule has 0 aliphatic rings. The van der Waals surface area contributed by atoms with Crippen LogP contribution in [0.5, 0.6) is 0 Å². The molecule has 0 atom stereocenters. The van der Waals surface area contributed by atoms with E-state index in [4.69, 9.17) is 5.11 Å². The number of carboxylic acids is 1. The number of carbonyl (C=O) groups is 1. The van der Waals surface area contributed by atoms with Gasteiger partial charge in [-0.05, 0) is 28.4 Å². The van der Waals surface area contributed by atoms with Gasteiger partial charge in [0.15, 0.2) is 0 Å². The molecule has 0 aliphatic carbocycles. The quantitative estimate of drug-likeness (QED) is 0.569. The number of rotatable bonds is 7. The van der Waals surface area contributed by atoms with Crippen molar-refractivity contribution < 1.29 is 23.2 Å². The predicted octanol–water partition coefficient (Wildman–Crippen LogP) is 1.84. The van der Waals surface area contributed by atoms with Gasteiger partial charge in [-0.2, -0.15) is 4.31 Å². The molecule has 0 aromatic heterocycles. The minimum atomic E-state index is -4.05. The molecule has 0 aliphatic heterocycles. The van der Waals surface area contributed by atoms with Crippen molar-refractivity contribution in [1.82, 2.24) is 4.31 Å². The van der Waals surface area contributed by atoms with Gasteiger partial charge in [-0.25, -0.2) is 8.42 Å². The Morgan fingerprint density at radius 2 is 2.10 bits per heavy atom. The number of nitro benzene ring substituents is 1. The zero-order valence-electron chi connectivity index (χ0n) is 11.0. The molecular formula is C11H13BrN2O6S. The van der Waals surface area contributed by atoms with Crippen LogP contribution in [0.1, 0.15) is 13.3 Å². The fourth-order valence-corrected chi connectivity index (χ4v) is 4.14. The number of nitro groups is 1. The van der Waals surface area contributed by atoms with Crippen molar-refractivity contribution in [3.63, 3.8) is 0 Å². The first kappa shape index (κ1) is 17.5. The third-order valence-electron chi connectivity index (χ3n) is 2.53. The Labute approximate surface area is 129 Å². The van der Waals surface area contributed by atoms with Crippen LogP contribution in [0.3, 0.4) is 0 Å². The summed E-state index contributed by atoms with van der Waals surface area (Å²) in [6.45, 7) is 1.09. The van der Waals surface area contributed by atoms with Gasteiger partial charge in [0.2, 0.25) is 10.0 Å². The van der Waals surface area contributed by atoms with E-state index < -0.39 is 27.5 Å². The van der Waals surface area contributed by atoms with Crippen molar-refractivity contribution >= 4 is 37.6 Å². The third kappa shape index (κ3) is 4.22. The highest BCUT2D eigenvalue weighted by molar-refractivity contribution is 9.10. The average Bonchev–Trinajstić information content (AvgIpc) is 2.37. The van der Waals surface area contributed by atoms with Crippen molar-refractivity contribution in [2.24, 2.45) is 0 Å². The molecule has 0 saturated heterocycles. The Morgan fingerprint density at radius 3 is 2.52 bits per heavy atom. The van der Waals surface area contributed by atoms with E-state index in [0.717, 1.165) is 22.5 Å². The maximum Gasteiger partial charge on any atom is 0.318 e. The highest BCUT2D eigenvalue weighted by Gasteiger charge is 2.28. The van der Waals surface area contributed by atoms with Crippen LogP contribution in [0.4, 0.5) is 5.69 Å². The summed E-state index contributed by atoms with van der Waals surface area (Å²) >= 11 is 2.98. The smallest absolute Gasteiger partial charge is 0.318 e. The summed E-state index contributed by atoms with van der Waals surface area (Å²) in [5, 5.41) is 19.4. The van der Waals surface area contributed by atoms with Crippen LogP contribution >= 0.6 is 15.9 Å². The minimum absolute atomic E-state index is 0.0168. The Kier molecular flexibility index (Phi) is 5.81. The Balaban J connectivity index is 3.27. The Bertz CT molecular complexity index is 661. The highest BCUT2D eigenvalue weighted by atomic mass is 79.9. The number of non-ortho nitro benzene ring substituents is 1. The number of halogens is 1. The van der Waals surface area contributed by atoms with Crippen LogP contribution in [-0.4, -0.2) is 41.8 Å². The second kappa shape index (κ2) is 6.96. The molecule has 0 bridgehead atoms. The van der Waals surface area contributed by atoms with Gasteiger partial charge in [0.25, 0.3) is 5.69 Å². The number of nitrogens with zero attached hydrogens (tertiary/aromatic N) is 2. The van der Waals surface area contributed by atoms with E-state index in [9.17, 15) is 23.3 Å². The molecule has 0 unspecified atom stereocenters. The molecule has 1 aromatic rings. The van der Waals surface area contributed by atoms with E-state index >= 15 is 0 Å². The number of sulfonamides is 1. The molecule has 0 fully saturated rings. The van der Waals surface area contributed by atoms with Crippen LogP contribution in [0.15, 0.2) is 27.6 Å². The summed E-state index contributed by atoms with van der Waals surface area (Å²) < 4.78 is 25.7. The normalized spacial score (nSPS) is 11.6. The van der Waals surface area contributed by atoms with Crippen molar-refractivity contribution in [2.45, 2.75) is 18.2 Å². The molecule has 116 valence electrons. The molecule has 8 nitrogen and oxygen atoms in total. The lowest BCUT2D eigenvalue weighted by molar-refractivity contribution is -0.385. The molecule has 1 N–H and O–H groups in total. The van der Waals surface area contributed by atoms with Crippen LogP contribution in [0, 0.1) is 10.1 Å². The molecule has 0 amide bonds. The molecule has 10 heteroatoms. The maximum absolute atomic E-state index is 12.4. The van der Waals surface area contributed by atoms with Crippen molar-refractivity contribution in [3.05, 3.63) is 32.8 Å². The molecule has 0 saturated carbocycles. The number of hydrogen-bond acceptors (Lipinski definition) is 5. The summed E-state index contributed by atoms with van der Waals surface area (Å²) in [4.78, 5) is 20.6. The summed E-state index contributed by atoms with van der Waals surface area (Å²) in [7, 11) is -4.05. The topological polar surface area (TPSA) is 118 Å². The fourth-order valence-electron chi connectivity index (χ4n) is 1.64. The van der Waals surface area contributed by atoms with E-state index in [0.29, 0.717) is 6.42 Å². The number of aliphatic carboxylic acids is 1. The zero-order valence-corrected chi connectivity index (χ0v) is 13.4. The summed E-state index contributed by atoms with van der Waals surface area (Å²) in [5.74, 6) is -1.27. The second-order valence-electron chi connectivity index (χ2n) is 4.10. The van der Waals surface area contributed by atoms with Crippen LogP contribution < -0.4 is 0 Å². The van der Waals surface area contributed by atoms with E-state index in [1.807, 2.05) is 0 Å². The first-order chi connectivity index (χ1) is 9.70. The van der Waals surface area contributed by atoms with Crippen LogP contribution in [-0.2, 0) is 14.8 Å². The minimum Gasteiger partial charge on any atom is -0.480 e. The van der Waals surface area contributed by atoms with Crippen molar-refractivity contribution in [3.8, 4) is 0 Å². The largest absolute Gasteiger partial charge is 0.480 e. The standard InChI is InChI=1S/C11H13BrN2O6S/c1-2-5-13(7-11(15)16)21(19,20)10-4-3-8(14(17)18)6-9(10)12/h3-4,6H,2,5,7H2,1H3,(H,15,16). The van der Waals surface area contributed by atoms with Gasteiger partial charge in [0.1, 0.15) is 6.54 Å². The van der Waals surface area contributed by atoms with E-state index in [-0.39, 0.29) is 21.6 Å². The SMILES string of the molecule is CCCN(CC(=O)O)S(=O)(=O)c1ccc([N+](=O)[O-])cc1Br. The van der Waals surface area contributed by atoms with Crippen LogP contribution in [0.2, 0.25) is 0 Å². The Hall–Kier alpha value is -1.52. The molecule has 21 heavy (non-hydrogen) atoms. The lowest BCUT2D eigenvalue weighted by Gasteiger charge is -2.20. The molecule has 0 spiro atoms. The monoisotopic (exact) mass is 380 g/mol. The molecule has 1 aromatic carbocycles. The summed E-state index contributed by atoms with van der Waals surface area (Å²) in [6, 6.07) is 3.21. The number of carboxylic acid groups (broad SMARTS) is 1. The number of benzene rings is 1. The lowest BCUT2D eigenvalue weighted by Crippen LogP contribution is -2.36. The first-order valence-electron chi connectivity index (χ1n) is 5.86. The second-order valence-corrected chi connectivity index (χ2v) is 6.86. The molecule has 0 radical (unpaired) electrons. The van der Waals surface area contributed by atoms with Gasteiger partial charge in [-0.3, -0.25) is 14.9 Å². The maximum atomic E-state index is 12.4. The molecule has 0 heterocycles. The first-order valence-corrected chi connectivity index (χ1v) is 8.09. The average molecular weight is 381 g/mol. The Morgan fingerprint density at radius 1 is 1.48 bits per heavy atom. The number of hydrogen-bond donors (Lipinski definition) is 1. The van der Waals surface area contributed by atoms with Gasteiger partial charge in [0.05, 0.1) is 9.82 Å². The third-order valence-corrected chi connectivity index (χ3v) is 5.35. The van der Waals surface area contributed by atoms with Crippen molar-refractivity contribution in [1.29, 1.82) is 0 Å². The lowest BCUT2D eigenvalue weighted by atomic mass is 10.3. The van der Waals surface area contributed by atoms with E-state index in [2.05, 4.69) is 15.9 Å². The summed E-state index contributed by atoms with van der Waals surface area (Å²) in [6.07, 6.45) is 0.442. The summed E-state index contributed by atoms with van der Waals surface area (Å²) in [5.41, 5.74) is -0.263. The molecular weight excluding hydrogens is 368 g/mol.